The maximum atomic E-state index is 10.7. The summed E-state index contributed by atoms with van der Waals surface area (Å²) < 4.78 is 2.39. The van der Waals surface area contributed by atoms with Crippen molar-refractivity contribution in [2.75, 3.05) is 0 Å². The number of imidazole rings is 1. The molecule has 6 heteroatoms. The Balaban J connectivity index is 2.42. The monoisotopic (exact) mass is 300 g/mol. The number of benzene rings is 1. The maximum absolute atomic E-state index is 10.7. The summed E-state index contributed by atoms with van der Waals surface area (Å²) in [5, 5.41) is 9.29. The van der Waals surface area contributed by atoms with E-state index in [0.29, 0.717) is 5.02 Å². The van der Waals surface area contributed by atoms with E-state index in [9.17, 15) is 4.79 Å². The number of aromatic carboxylic acids is 1. The molecule has 0 spiro atoms. The first-order chi connectivity index (χ1) is 7.58. The third kappa shape index (κ3) is 2.10. The molecule has 0 aliphatic carbocycles. The van der Waals surface area contributed by atoms with Crippen molar-refractivity contribution >= 4 is 33.5 Å². The minimum Gasteiger partial charge on any atom is -0.476 e. The molecule has 0 fully saturated rings. The summed E-state index contributed by atoms with van der Waals surface area (Å²) in [7, 11) is 0. The second-order valence-electron chi connectivity index (χ2n) is 3.07. The Kier molecular flexibility index (Phi) is 2.98. The molecule has 0 bridgehead atoms. The van der Waals surface area contributed by atoms with Crippen molar-refractivity contribution in [1.82, 2.24) is 9.55 Å². The number of rotatable bonds is 2. The zero-order valence-corrected chi connectivity index (χ0v) is 10.2. The summed E-state index contributed by atoms with van der Waals surface area (Å²) in [4.78, 5) is 14.4. The van der Waals surface area contributed by atoms with Gasteiger partial charge in [0.05, 0.1) is 5.02 Å². The summed E-state index contributed by atoms with van der Waals surface area (Å²) in [6, 6.07) is 5.32. The molecule has 0 radical (unpaired) electrons. The van der Waals surface area contributed by atoms with Crippen molar-refractivity contribution in [3.05, 3.63) is 45.9 Å². The van der Waals surface area contributed by atoms with Gasteiger partial charge in [0, 0.05) is 16.4 Å². The van der Waals surface area contributed by atoms with Crippen LogP contribution in [0.3, 0.4) is 0 Å². The zero-order chi connectivity index (χ0) is 11.7. The number of hydrogen-bond donors (Lipinski definition) is 1. The van der Waals surface area contributed by atoms with Gasteiger partial charge in [0.1, 0.15) is 6.33 Å². The molecule has 0 atom stereocenters. The molecule has 2 rings (SSSR count). The molecule has 0 unspecified atom stereocenters. The van der Waals surface area contributed by atoms with E-state index in [2.05, 4.69) is 20.9 Å². The molecule has 4 nitrogen and oxygen atoms in total. The standard InChI is InChI=1S/C10H6BrClN2O2/c11-7-2-1-6(3-8(7)12)14-4-9(10(15)16)13-5-14/h1-5H,(H,15,16). The summed E-state index contributed by atoms with van der Waals surface area (Å²) in [6.45, 7) is 0. The fourth-order valence-electron chi connectivity index (χ4n) is 1.22. The topological polar surface area (TPSA) is 55.1 Å². The number of carboxylic acids is 1. The molecule has 1 heterocycles. The average Bonchev–Trinajstić information content (AvgIpc) is 2.71. The molecule has 82 valence electrons. The lowest BCUT2D eigenvalue weighted by molar-refractivity contribution is 0.0691. The van der Waals surface area contributed by atoms with E-state index < -0.39 is 5.97 Å². The fourth-order valence-corrected chi connectivity index (χ4v) is 1.64. The van der Waals surface area contributed by atoms with E-state index in [1.54, 1.807) is 16.7 Å². The van der Waals surface area contributed by atoms with E-state index in [1.165, 1.54) is 12.5 Å². The van der Waals surface area contributed by atoms with Crippen molar-refractivity contribution in [2.45, 2.75) is 0 Å². The molecule has 1 aromatic carbocycles. The quantitative estimate of drug-likeness (QED) is 0.927. The van der Waals surface area contributed by atoms with Crippen LogP contribution in [0.4, 0.5) is 0 Å². The van der Waals surface area contributed by atoms with Gasteiger partial charge in [0.15, 0.2) is 5.69 Å². The molecular formula is C10H6BrClN2O2. The Morgan fingerprint density at radius 2 is 2.25 bits per heavy atom. The van der Waals surface area contributed by atoms with E-state index in [-0.39, 0.29) is 5.69 Å². The number of nitrogens with zero attached hydrogens (tertiary/aromatic N) is 2. The lowest BCUT2D eigenvalue weighted by Gasteiger charge is -2.03. The summed E-state index contributed by atoms with van der Waals surface area (Å²) in [5.41, 5.74) is 0.757. The van der Waals surface area contributed by atoms with Crippen LogP contribution in [0.15, 0.2) is 35.2 Å². The molecule has 0 saturated heterocycles. The van der Waals surface area contributed by atoms with Gasteiger partial charge in [-0.2, -0.15) is 0 Å². The van der Waals surface area contributed by atoms with Crippen LogP contribution in [0, 0.1) is 0 Å². The fraction of sp³-hybridized carbons (Fsp3) is 0. The summed E-state index contributed by atoms with van der Waals surface area (Å²) >= 11 is 9.22. The molecule has 0 aliphatic rings. The normalized spacial score (nSPS) is 10.4. The van der Waals surface area contributed by atoms with Crippen molar-refractivity contribution in [3.63, 3.8) is 0 Å². The highest BCUT2D eigenvalue weighted by Crippen LogP contribution is 2.24. The second-order valence-corrected chi connectivity index (χ2v) is 4.33. The molecule has 1 aromatic heterocycles. The third-order valence-corrected chi connectivity index (χ3v) is 3.24. The number of hydrogen-bond acceptors (Lipinski definition) is 2. The Bertz CT molecular complexity index is 554. The average molecular weight is 302 g/mol. The molecule has 16 heavy (non-hydrogen) atoms. The van der Waals surface area contributed by atoms with Gasteiger partial charge in [-0.15, -0.1) is 0 Å². The van der Waals surface area contributed by atoms with Crippen LogP contribution >= 0.6 is 27.5 Å². The first kappa shape index (κ1) is 11.2. The molecule has 0 aliphatic heterocycles. The SMILES string of the molecule is O=C(O)c1cn(-c2ccc(Br)c(Cl)c2)cn1. The highest BCUT2D eigenvalue weighted by molar-refractivity contribution is 9.10. The number of carboxylic acid groups (broad SMARTS) is 1. The number of halogens is 2. The van der Waals surface area contributed by atoms with E-state index in [0.717, 1.165) is 10.2 Å². The second kappa shape index (κ2) is 4.27. The first-order valence-corrected chi connectivity index (χ1v) is 5.48. The van der Waals surface area contributed by atoms with E-state index in [4.69, 9.17) is 16.7 Å². The Labute approximate surface area is 105 Å². The largest absolute Gasteiger partial charge is 0.476 e. The molecule has 0 saturated carbocycles. The van der Waals surface area contributed by atoms with Crippen molar-refractivity contribution < 1.29 is 9.90 Å². The maximum Gasteiger partial charge on any atom is 0.356 e. The van der Waals surface area contributed by atoms with Gasteiger partial charge in [0.25, 0.3) is 0 Å². The minimum absolute atomic E-state index is 0.000888. The smallest absolute Gasteiger partial charge is 0.356 e. The lowest BCUT2D eigenvalue weighted by Crippen LogP contribution is -1.95. The van der Waals surface area contributed by atoms with Gasteiger partial charge >= 0.3 is 5.97 Å². The first-order valence-electron chi connectivity index (χ1n) is 4.30. The van der Waals surface area contributed by atoms with Crippen molar-refractivity contribution in [3.8, 4) is 5.69 Å². The predicted octanol–water partition coefficient (Wildman–Crippen LogP) is 2.99. The Hall–Kier alpha value is -1.33. The van der Waals surface area contributed by atoms with Crippen LogP contribution in [0.2, 0.25) is 5.02 Å². The predicted molar refractivity (Wildman–Crippen MR) is 63.2 cm³/mol. The lowest BCUT2D eigenvalue weighted by atomic mass is 10.3. The van der Waals surface area contributed by atoms with Crippen molar-refractivity contribution in [1.29, 1.82) is 0 Å². The van der Waals surface area contributed by atoms with E-state index in [1.807, 2.05) is 6.07 Å². The third-order valence-electron chi connectivity index (χ3n) is 2.00. The molecule has 0 amide bonds. The molecule has 2 aromatic rings. The highest BCUT2D eigenvalue weighted by atomic mass is 79.9. The molecular weight excluding hydrogens is 295 g/mol. The molecule has 1 N–H and O–H groups in total. The van der Waals surface area contributed by atoms with Crippen LogP contribution in [-0.2, 0) is 0 Å². The van der Waals surface area contributed by atoms with Gasteiger partial charge in [0.2, 0.25) is 0 Å². The van der Waals surface area contributed by atoms with Gasteiger partial charge in [-0.1, -0.05) is 11.6 Å². The summed E-state index contributed by atoms with van der Waals surface area (Å²) in [6.07, 6.45) is 2.87. The van der Waals surface area contributed by atoms with Crippen LogP contribution < -0.4 is 0 Å². The Morgan fingerprint density at radius 1 is 1.50 bits per heavy atom. The van der Waals surface area contributed by atoms with Crippen LogP contribution in [0.1, 0.15) is 10.5 Å². The van der Waals surface area contributed by atoms with Gasteiger partial charge < -0.3 is 9.67 Å². The minimum atomic E-state index is -1.05. The number of aromatic nitrogens is 2. The van der Waals surface area contributed by atoms with Gasteiger partial charge in [-0.3, -0.25) is 0 Å². The van der Waals surface area contributed by atoms with Crippen molar-refractivity contribution in [2.24, 2.45) is 0 Å². The van der Waals surface area contributed by atoms with Gasteiger partial charge in [-0.05, 0) is 34.1 Å². The zero-order valence-electron chi connectivity index (χ0n) is 7.89. The Morgan fingerprint density at radius 3 is 2.81 bits per heavy atom. The van der Waals surface area contributed by atoms with Crippen LogP contribution in [0.25, 0.3) is 5.69 Å². The van der Waals surface area contributed by atoms with Crippen LogP contribution in [0.5, 0.6) is 0 Å². The van der Waals surface area contributed by atoms with E-state index >= 15 is 0 Å². The highest BCUT2D eigenvalue weighted by Gasteiger charge is 2.08. The van der Waals surface area contributed by atoms with Gasteiger partial charge in [-0.25, -0.2) is 9.78 Å². The van der Waals surface area contributed by atoms with Crippen LogP contribution in [-0.4, -0.2) is 20.6 Å². The summed E-state index contributed by atoms with van der Waals surface area (Å²) in [5.74, 6) is -1.05. The number of carbonyl (C=O) groups is 1.